The molecular formula is C10H13ClS. The molecule has 0 atom stereocenters. The number of aryl methyl sites for hydroxylation is 1. The van der Waals surface area contributed by atoms with Gasteiger partial charge < -0.3 is 0 Å². The van der Waals surface area contributed by atoms with Gasteiger partial charge >= 0.3 is 0 Å². The third kappa shape index (κ3) is 2.72. The lowest BCUT2D eigenvalue weighted by Gasteiger charge is -2.02. The Kier molecular flexibility index (Phi) is 3.96. The molecule has 0 aliphatic heterocycles. The van der Waals surface area contributed by atoms with Crippen LogP contribution in [0.5, 0.6) is 0 Å². The van der Waals surface area contributed by atoms with E-state index < -0.39 is 0 Å². The molecule has 0 saturated carbocycles. The maximum atomic E-state index is 5.95. The number of hydrogen-bond acceptors (Lipinski definition) is 1. The first-order valence-electron chi connectivity index (χ1n) is 4.18. The lowest BCUT2D eigenvalue weighted by atomic mass is 10.2. The monoisotopic (exact) mass is 200 g/mol. The molecule has 0 aliphatic carbocycles. The van der Waals surface area contributed by atoms with E-state index in [9.17, 15) is 0 Å². The van der Waals surface area contributed by atoms with Gasteiger partial charge in [-0.25, -0.2) is 0 Å². The molecule has 0 N–H and O–H groups in total. The maximum Gasteiger partial charge on any atom is 0.0419 e. The fourth-order valence-electron chi connectivity index (χ4n) is 1.07. The fourth-order valence-corrected chi connectivity index (χ4v) is 2.18. The first-order chi connectivity index (χ1) is 5.76. The van der Waals surface area contributed by atoms with E-state index in [0.29, 0.717) is 0 Å². The van der Waals surface area contributed by atoms with Crippen molar-refractivity contribution in [2.45, 2.75) is 25.2 Å². The predicted octanol–water partition coefficient (Wildman–Crippen LogP) is 4.01. The summed E-state index contributed by atoms with van der Waals surface area (Å²) in [6.45, 7) is 4.29. The molecule has 2 heteroatoms. The molecule has 0 saturated heterocycles. The van der Waals surface area contributed by atoms with Crippen molar-refractivity contribution in [3.8, 4) is 0 Å². The molecule has 0 bridgehead atoms. The number of rotatable bonds is 3. The van der Waals surface area contributed by atoms with Gasteiger partial charge in [0.05, 0.1) is 0 Å². The first kappa shape index (κ1) is 9.94. The van der Waals surface area contributed by atoms with Crippen molar-refractivity contribution in [2.24, 2.45) is 0 Å². The van der Waals surface area contributed by atoms with Crippen LogP contribution in [0.25, 0.3) is 0 Å². The Labute approximate surface area is 83.3 Å². The molecule has 0 fully saturated rings. The Morgan fingerprint density at radius 1 is 1.25 bits per heavy atom. The summed E-state index contributed by atoms with van der Waals surface area (Å²) in [7, 11) is 0. The van der Waals surface area contributed by atoms with Crippen LogP contribution in [-0.2, 0) is 6.42 Å². The van der Waals surface area contributed by atoms with Gasteiger partial charge in [-0.2, -0.15) is 0 Å². The van der Waals surface area contributed by atoms with Crippen LogP contribution in [0.1, 0.15) is 19.4 Å². The summed E-state index contributed by atoms with van der Waals surface area (Å²) in [4.78, 5) is 1.28. The van der Waals surface area contributed by atoms with Crippen molar-refractivity contribution in [2.75, 3.05) is 5.75 Å². The molecule has 66 valence electrons. The summed E-state index contributed by atoms with van der Waals surface area (Å²) in [6.07, 6.45) is 1.05. The summed E-state index contributed by atoms with van der Waals surface area (Å²) in [5, 5.41) is 0.852. The lowest BCUT2D eigenvalue weighted by molar-refractivity contribution is 1.12. The average molecular weight is 201 g/mol. The second kappa shape index (κ2) is 4.78. The van der Waals surface area contributed by atoms with E-state index in [-0.39, 0.29) is 0 Å². The topological polar surface area (TPSA) is 0 Å². The zero-order valence-corrected chi connectivity index (χ0v) is 9.00. The minimum absolute atomic E-state index is 0.852. The third-order valence-electron chi connectivity index (χ3n) is 1.65. The Morgan fingerprint density at radius 3 is 2.58 bits per heavy atom. The highest BCUT2D eigenvalue weighted by atomic mass is 35.5. The summed E-state index contributed by atoms with van der Waals surface area (Å²) < 4.78 is 0. The van der Waals surface area contributed by atoms with Crippen molar-refractivity contribution in [3.05, 3.63) is 28.8 Å². The normalized spacial score (nSPS) is 10.2. The molecule has 1 rings (SSSR count). The Hall–Kier alpha value is -0.140. The van der Waals surface area contributed by atoms with Crippen LogP contribution in [0.2, 0.25) is 5.02 Å². The van der Waals surface area contributed by atoms with Gasteiger partial charge in [-0.3, -0.25) is 0 Å². The summed E-state index contributed by atoms with van der Waals surface area (Å²) in [5.41, 5.74) is 1.32. The maximum absolute atomic E-state index is 5.95. The Balaban J connectivity index is 2.90. The SMILES string of the molecule is CCSc1cc(Cl)cc(CC)c1. The average Bonchev–Trinajstić information content (AvgIpc) is 2.04. The molecule has 0 heterocycles. The van der Waals surface area contributed by atoms with Crippen molar-refractivity contribution in [1.82, 2.24) is 0 Å². The number of thioether (sulfide) groups is 1. The second-order valence-electron chi connectivity index (χ2n) is 2.58. The van der Waals surface area contributed by atoms with Crippen molar-refractivity contribution >= 4 is 23.4 Å². The molecule has 0 spiro atoms. The van der Waals surface area contributed by atoms with E-state index in [4.69, 9.17) is 11.6 Å². The quantitative estimate of drug-likeness (QED) is 0.665. The first-order valence-corrected chi connectivity index (χ1v) is 5.55. The molecule has 1 aromatic carbocycles. The predicted molar refractivity (Wildman–Crippen MR) is 57.2 cm³/mol. The number of benzene rings is 1. The van der Waals surface area contributed by atoms with E-state index in [0.717, 1.165) is 17.2 Å². The standard InChI is InChI=1S/C10H13ClS/c1-3-8-5-9(11)7-10(6-8)12-4-2/h5-7H,3-4H2,1-2H3. The third-order valence-corrected chi connectivity index (χ3v) is 2.73. The molecule has 12 heavy (non-hydrogen) atoms. The van der Waals surface area contributed by atoms with Gasteiger partial charge in [-0.1, -0.05) is 25.4 Å². The Bertz CT molecular complexity index is 258. The van der Waals surface area contributed by atoms with Crippen LogP contribution in [0.3, 0.4) is 0 Å². The number of hydrogen-bond donors (Lipinski definition) is 0. The molecule has 0 unspecified atom stereocenters. The van der Waals surface area contributed by atoms with Gasteiger partial charge in [0.1, 0.15) is 0 Å². The van der Waals surface area contributed by atoms with Crippen LogP contribution in [0.4, 0.5) is 0 Å². The minimum Gasteiger partial charge on any atom is -0.126 e. The summed E-state index contributed by atoms with van der Waals surface area (Å²) >= 11 is 7.79. The molecule has 0 nitrogen and oxygen atoms in total. The van der Waals surface area contributed by atoms with Gasteiger partial charge in [0.2, 0.25) is 0 Å². The van der Waals surface area contributed by atoms with E-state index in [1.54, 1.807) is 0 Å². The smallest absolute Gasteiger partial charge is 0.0419 e. The van der Waals surface area contributed by atoms with Crippen molar-refractivity contribution < 1.29 is 0 Å². The van der Waals surface area contributed by atoms with Gasteiger partial charge in [-0.05, 0) is 35.9 Å². The van der Waals surface area contributed by atoms with E-state index in [1.165, 1.54) is 10.5 Å². The highest BCUT2D eigenvalue weighted by Crippen LogP contribution is 2.23. The summed E-state index contributed by atoms with van der Waals surface area (Å²) in [6, 6.07) is 6.26. The van der Waals surface area contributed by atoms with Crippen LogP contribution in [0, 0.1) is 0 Å². The molecule has 0 amide bonds. The lowest BCUT2D eigenvalue weighted by Crippen LogP contribution is -1.81. The van der Waals surface area contributed by atoms with Gasteiger partial charge in [-0.15, -0.1) is 11.8 Å². The zero-order chi connectivity index (χ0) is 8.97. The molecule has 0 radical (unpaired) electrons. The zero-order valence-electron chi connectivity index (χ0n) is 7.43. The van der Waals surface area contributed by atoms with Crippen molar-refractivity contribution in [1.29, 1.82) is 0 Å². The van der Waals surface area contributed by atoms with E-state index >= 15 is 0 Å². The Morgan fingerprint density at radius 2 is 2.00 bits per heavy atom. The molecule has 0 aromatic heterocycles. The fraction of sp³-hybridized carbons (Fsp3) is 0.400. The molecule has 0 aliphatic rings. The second-order valence-corrected chi connectivity index (χ2v) is 4.36. The van der Waals surface area contributed by atoms with Crippen molar-refractivity contribution in [3.63, 3.8) is 0 Å². The summed E-state index contributed by atoms with van der Waals surface area (Å²) in [5.74, 6) is 1.10. The van der Waals surface area contributed by atoms with Crippen LogP contribution >= 0.6 is 23.4 Å². The highest BCUT2D eigenvalue weighted by Gasteiger charge is 1.97. The van der Waals surface area contributed by atoms with Crippen LogP contribution in [-0.4, -0.2) is 5.75 Å². The van der Waals surface area contributed by atoms with E-state index in [1.807, 2.05) is 23.9 Å². The van der Waals surface area contributed by atoms with E-state index in [2.05, 4.69) is 19.9 Å². The van der Waals surface area contributed by atoms with Crippen LogP contribution < -0.4 is 0 Å². The minimum atomic E-state index is 0.852. The van der Waals surface area contributed by atoms with Gasteiger partial charge in [0, 0.05) is 9.92 Å². The van der Waals surface area contributed by atoms with Crippen LogP contribution in [0.15, 0.2) is 23.1 Å². The number of halogens is 1. The largest absolute Gasteiger partial charge is 0.126 e. The van der Waals surface area contributed by atoms with Gasteiger partial charge in [0.25, 0.3) is 0 Å². The van der Waals surface area contributed by atoms with Gasteiger partial charge in [0.15, 0.2) is 0 Å². The molecule has 1 aromatic rings. The highest BCUT2D eigenvalue weighted by molar-refractivity contribution is 7.99. The molecular weight excluding hydrogens is 188 g/mol.